The van der Waals surface area contributed by atoms with E-state index >= 15 is 0 Å². The topological polar surface area (TPSA) is 92.3 Å². The number of aliphatic hydroxyl groups is 1. The predicted molar refractivity (Wildman–Crippen MR) is 85.8 cm³/mol. The molecule has 0 fully saturated rings. The summed E-state index contributed by atoms with van der Waals surface area (Å²) in [5, 5.41) is 11.2. The molecule has 2 N–H and O–H groups in total. The zero-order chi connectivity index (χ0) is 16.2. The van der Waals surface area contributed by atoms with Gasteiger partial charge in [-0.1, -0.05) is 18.2 Å². The number of aliphatic hydroxyl groups excluding tert-OH is 1. The third-order valence-electron chi connectivity index (χ3n) is 3.28. The van der Waals surface area contributed by atoms with Gasteiger partial charge in [-0.2, -0.15) is 0 Å². The summed E-state index contributed by atoms with van der Waals surface area (Å²) in [6.07, 6.45) is 2.02. The second-order valence-corrected chi connectivity index (χ2v) is 5.69. The fourth-order valence-electron chi connectivity index (χ4n) is 2.15. The van der Waals surface area contributed by atoms with E-state index in [-0.39, 0.29) is 29.7 Å². The van der Waals surface area contributed by atoms with Crippen molar-refractivity contribution in [3.63, 3.8) is 0 Å². The predicted octanol–water partition coefficient (Wildman–Crippen LogP) is 2.39. The zero-order valence-electron chi connectivity index (χ0n) is 12.1. The number of hydrogen-bond acceptors (Lipinski definition) is 6. The van der Waals surface area contributed by atoms with Crippen LogP contribution in [0.3, 0.4) is 0 Å². The number of carbonyl (C=O) groups is 2. The summed E-state index contributed by atoms with van der Waals surface area (Å²) in [6, 6.07) is 7.49. The number of carbonyl (C=O) groups excluding carboxylic acids is 2. The zero-order valence-corrected chi connectivity index (χ0v) is 12.9. The molecule has 0 saturated heterocycles. The van der Waals surface area contributed by atoms with Crippen LogP contribution in [-0.2, 0) is 4.74 Å². The highest BCUT2D eigenvalue weighted by molar-refractivity contribution is 7.12. The molecule has 3 rings (SSSR count). The minimum absolute atomic E-state index is 0.0470. The third kappa shape index (κ3) is 3.15. The van der Waals surface area contributed by atoms with Crippen molar-refractivity contribution in [2.24, 2.45) is 0 Å². The maximum absolute atomic E-state index is 12.6. The number of hydrogen-bond donors (Lipinski definition) is 2. The average Bonchev–Trinajstić information content (AvgIpc) is 3.21. The number of nitrogens with one attached hydrogen (secondary N) is 1. The van der Waals surface area contributed by atoms with Crippen molar-refractivity contribution >= 4 is 34.0 Å². The molecule has 0 amide bonds. The minimum atomic E-state index is -0.590. The number of esters is 1. The highest BCUT2D eigenvalue weighted by atomic mass is 32.1. The van der Waals surface area contributed by atoms with Crippen LogP contribution in [0.15, 0.2) is 35.8 Å². The largest absolute Gasteiger partial charge is 0.461 e. The Labute approximate surface area is 135 Å². The van der Waals surface area contributed by atoms with Gasteiger partial charge in [-0.25, -0.2) is 9.78 Å². The van der Waals surface area contributed by atoms with E-state index in [1.54, 1.807) is 6.20 Å². The van der Waals surface area contributed by atoms with Crippen LogP contribution < -0.4 is 0 Å². The summed E-state index contributed by atoms with van der Waals surface area (Å²) < 4.78 is 4.95. The quantitative estimate of drug-likeness (QED) is 0.411. The molecular weight excluding hydrogens is 316 g/mol. The molecular formula is C16H14N2O4S. The molecule has 0 bridgehead atoms. The van der Waals surface area contributed by atoms with Crippen LogP contribution in [0.2, 0.25) is 0 Å². The van der Waals surface area contributed by atoms with Crippen molar-refractivity contribution in [1.29, 1.82) is 0 Å². The van der Waals surface area contributed by atoms with E-state index in [1.807, 2.05) is 24.3 Å². The Morgan fingerprint density at radius 3 is 2.96 bits per heavy atom. The Kier molecular flexibility index (Phi) is 4.50. The van der Waals surface area contributed by atoms with Crippen molar-refractivity contribution in [3.05, 3.63) is 52.1 Å². The first-order valence-corrected chi connectivity index (χ1v) is 7.93. The normalized spacial score (nSPS) is 10.8. The van der Waals surface area contributed by atoms with Gasteiger partial charge < -0.3 is 14.8 Å². The summed E-state index contributed by atoms with van der Waals surface area (Å²) in [5.74, 6) is -0.825. The molecule has 6 nitrogen and oxygen atoms in total. The van der Waals surface area contributed by atoms with Gasteiger partial charge in [-0.3, -0.25) is 4.79 Å². The number of fused-ring (bicyclic) bond motifs is 1. The standard InChI is InChI=1S/C16H14N2O4S/c19-6-3-7-22-16(21)13-9-23-15(18-13)14(20)11-8-17-12-5-2-1-4-10(11)12/h1-2,4-5,8-9,17,19H,3,6-7H2. The molecule has 0 aliphatic carbocycles. The first-order chi connectivity index (χ1) is 11.2. The maximum Gasteiger partial charge on any atom is 0.357 e. The fourth-order valence-corrected chi connectivity index (χ4v) is 2.89. The van der Waals surface area contributed by atoms with Crippen molar-refractivity contribution in [3.8, 4) is 0 Å². The smallest absolute Gasteiger partial charge is 0.357 e. The Bertz CT molecular complexity index is 853. The summed E-state index contributed by atoms with van der Waals surface area (Å²) >= 11 is 1.11. The lowest BCUT2D eigenvalue weighted by molar-refractivity contribution is 0.0476. The minimum Gasteiger partial charge on any atom is -0.461 e. The van der Waals surface area contributed by atoms with Gasteiger partial charge in [0.25, 0.3) is 0 Å². The number of nitrogens with zero attached hydrogens (tertiary/aromatic N) is 1. The average molecular weight is 330 g/mol. The summed E-state index contributed by atoms with van der Waals surface area (Å²) in [6.45, 7) is 0.0766. The van der Waals surface area contributed by atoms with E-state index in [4.69, 9.17) is 9.84 Å². The van der Waals surface area contributed by atoms with Crippen LogP contribution in [-0.4, -0.2) is 40.0 Å². The number of rotatable bonds is 6. The second-order valence-electron chi connectivity index (χ2n) is 4.83. The Morgan fingerprint density at radius 1 is 1.30 bits per heavy atom. The van der Waals surface area contributed by atoms with Gasteiger partial charge in [0.2, 0.25) is 5.78 Å². The third-order valence-corrected chi connectivity index (χ3v) is 4.12. The lowest BCUT2D eigenvalue weighted by Crippen LogP contribution is -2.09. The number of ketones is 1. The Morgan fingerprint density at radius 2 is 2.13 bits per heavy atom. The van der Waals surface area contributed by atoms with E-state index < -0.39 is 5.97 Å². The van der Waals surface area contributed by atoms with Crippen LogP contribution in [0.25, 0.3) is 10.9 Å². The molecule has 7 heteroatoms. The first kappa shape index (κ1) is 15.4. The number of para-hydroxylation sites is 1. The lowest BCUT2D eigenvalue weighted by Gasteiger charge is -2.00. The second kappa shape index (κ2) is 6.72. The van der Waals surface area contributed by atoms with Gasteiger partial charge >= 0.3 is 5.97 Å². The lowest BCUT2D eigenvalue weighted by atomic mass is 10.1. The van der Waals surface area contributed by atoms with Gasteiger partial charge in [-0.15, -0.1) is 11.3 Å². The van der Waals surface area contributed by atoms with Gasteiger partial charge in [0.15, 0.2) is 10.7 Å². The molecule has 1 aromatic carbocycles. The van der Waals surface area contributed by atoms with Gasteiger partial charge in [0.1, 0.15) is 0 Å². The molecule has 0 aliphatic rings. The van der Waals surface area contributed by atoms with Gasteiger partial charge in [0, 0.05) is 35.5 Å². The Hall–Kier alpha value is -2.51. The molecule has 0 spiro atoms. The van der Waals surface area contributed by atoms with E-state index in [0.717, 1.165) is 22.2 Å². The molecule has 0 radical (unpaired) electrons. The molecule has 0 unspecified atom stereocenters. The molecule has 3 aromatic rings. The number of aromatic amines is 1. The SMILES string of the molecule is O=C(OCCCO)c1csc(C(=O)c2c[nH]c3ccccc23)n1. The summed E-state index contributed by atoms with van der Waals surface area (Å²) in [5.41, 5.74) is 1.50. The summed E-state index contributed by atoms with van der Waals surface area (Å²) in [7, 11) is 0. The first-order valence-electron chi connectivity index (χ1n) is 7.05. The van der Waals surface area contributed by atoms with Gasteiger partial charge in [-0.05, 0) is 6.07 Å². The maximum atomic E-state index is 12.6. The number of aromatic nitrogens is 2. The van der Waals surface area contributed by atoms with E-state index in [1.165, 1.54) is 5.38 Å². The Balaban J connectivity index is 1.80. The fraction of sp³-hybridized carbons (Fsp3) is 0.188. The van der Waals surface area contributed by atoms with Crippen molar-refractivity contribution in [1.82, 2.24) is 9.97 Å². The molecule has 0 aliphatic heterocycles. The number of benzene rings is 1. The summed E-state index contributed by atoms with van der Waals surface area (Å²) in [4.78, 5) is 31.5. The van der Waals surface area contributed by atoms with Crippen LogP contribution >= 0.6 is 11.3 Å². The molecule has 118 valence electrons. The number of thiazole rings is 1. The van der Waals surface area contributed by atoms with Crippen LogP contribution in [0.5, 0.6) is 0 Å². The van der Waals surface area contributed by atoms with Crippen molar-refractivity contribution < 1.29 is 19.4 Å². The number of H-pyrrole nitrogens is 1. The molecule has 2 heterocycles. The van der Waals surface area contributed by atoms with Crippen molar-refractivity contribution in [2.45, 2.75) is 6.42 Å². The highest BCUT2D eigenvalue weighted by Crippen LogP contribution is 2.22. The monoisotopic (exact) mass is 330 g/mol. The van der Waals surface area contributed by atoms with E-state index in [9.17, 15) is 9.59 Å². The molecule has 2 aromatic heterocycles. The van der Waals surface area contributed by atoms with Gasteiger partial charge in [0.05, 0.1) is 12.2 Å². The molecule has 0 atom stereocenters. The van der Waals surface area contributed by atoms with Crippen LogP contribution in [0.4, 0.5) is 0 Å². The van der Waals surface area contributed by atoms with Crippen LogP contribution in [0.1, 0.15) is 32.3 Å². The van der Waals surface area contributed by atoms with E-state index in [0.29, 0.717) is 12.0 Å². The highest BCUT2D eigenvalue weighted by Gasteiger charge is 2.20. The van der Waals surface area contributed by atoms with Crippen molar-refractivity contribution in [2.75, 3.05) is 13.2 Å². The molecule has 0 saturated carbocycles. The van der Waals surface area contributed by atoms with E-state index in [2.05, 4.69) is 9.97 Å². The number of ether oxygens (including phenoxy) is 1. The molecule has 23 heavy (non-hydrogen) atoms. The van der Waals surface area contributed by atoms with Crippen LogP contribution in [0, 0.1) is 0 Å².